The molecule has 1 aliphatic heterocycles. The molecule has 368 valence electrons. The van der Waals surface area contributed by atoms with Crippen LogP contribution in [0.25, 0.3) is 0 Å². The lowest BCUT2D eigenvalue weighted by Gasteiger charge is -2.25. The van der Waals surface area contributed by atoms with Crippen molar-refractivity contribution in [3.8, 4) is 0 Å². The van der Waals surface area contributed by atoms with Gasteiger partial charge in [0, 0.05) is 24.7 Å². The smallest absolute Gasteiger partial charge is 0.444 e. The fourth-order valence-electron chi connectivity index (χ4n) is 6.29. The third-order valence-corrected chi connectivity index (χ3v) is 9.03. The molecule has 1 amide bonds. The average molecular weight is 892 g/mol. The molecule has 3 rings (SSSR count). The Labute approximate surface area is 378 Å². The highest BCUT2D eigenvalue weighted by molar-refractivity contribution is 6.46. The van der Waals surface area contributed by atoms with Gasteiger partial charge in [-0.15, -0.1) is 0 Å². The minimum Gasteiger partial charge on any atom is -0.444 e. The van der Waals surface area contributed by atoms with Crippen LogP contribution in [-0.2, 0) is 18.9 Å². The first-order valence-electron chi connectivity index (χ1n) is 23.0. The molecule has 0 aromatic carbocycles. The molecule has 2 aliphatic carbocycles. The predicted octanol–water partition coefficient (Wildman–Crippen LogP) is 7.24. The molecule has 6 atom stereocenters. The standard InChI is InChI=1S/C10H22BNO.C10H18O5.C9H19N.C8H17NO3.C4H10BNO.C3H9NO/c1-9(12-11(2)13)8-10-6-4-3-5-7-10;1-9(2,3)14-7(11)13-8(12)15-10(4,5)6;1-8(10)7-9-5-3-2-4-6-9;1-6(5-10)9-7(11)12-8(2,3)4;1-4-3-6(4)5(2)7;1-3(4)2-5/h9-10,12-13H,3-8H2,1-2H3;1-6H3;8-9H,2-7,10H2,1H3;6,10H,5H2,1-4H3,(H,9,11);4,7H,3H2,1-2H3;3,5H,2,4H2,1H3/t9-;;8-;6-;4-,6?;3-/m1.0101/s1. The molecular formula is C44H95B2N5O11. The number of aliphatic hydroxyl groups is 2. The number of aliphatic hydroxyl groups excluding tert-OH is 2. The van der Waals surface area contributed by atoms with Crippen molar-refractivity contribution in [3.05, 3.63) is 0 Å². The van der Waals surface area contributed by atoms with E-state index in [1.807, 2.05) is 4.81 Å². The van der Waals surface area contributed by atoms with Crippen molar-refractivity contribution in [1.82, 2.24) is 15.4 Å². The van der Waals surface area contributed by atoms with Crippen LogP contribution in [0.3, 0.4) is 0 Å². The van der Waals surface area contributed by atoms with Crippen molar-refractivity contribution >= 4 is 32.5 Å². The molecule has 18 heteroatoms. The van der Waals surface area contributed by atoms with Crippen molar-refractivity contribution in [3.63, 3.8) is 0 Å². The number of nitrogens with two attached hydrogens (primary N) is 2. The monoisotopic (exact) mass is 892 g/mol. The van der Waals surface area contributed by atoms with Crippen molar-refractivity contribution in [1.29, 1.82) is 0 Å². The van der Waals surface area contributed by atoms with E-state index in [2.05, 4.69) is 36.1 Å². The van der Waals surface area contributed by atoms with Gasteiger partial charge < -0.3 is 66.0 Å². The zero-order chi connectivity index (χ0) is 48.9. The van der Waals surface area contributed by atoms with Gasteiger partial charge in [-0.2, -0.15) is 0 Å². The fraction of sp³-hybridized carbons (Fsp3) is 0.932. The van der Waals surface area contributed by atoms with Gasteiger partial charge in [0.2, 0.25) is 0 Å². The van der Waals surface area contributed by atoms with Crippen LogP contribution >= 0.6 is 0 Å². The molecule has 0 radical (unpaired) electrons. The molecule has 62 heavy (non-hydrogen) atoms. The number of carbonyl (C=O) groups excluding carboxylic acids is 3. The maximum Gasteiger partial charge on any atom is 0.519 e. The number of nitrogens with one attached hydrogen (secondary N) is 2. The SMILES string of the molecule is CB(O)N1C[C@@H]1C.CB(O)N[C@H](C)CC1CCCCC1.CC(C)(C)OC(=O)OC(=O)OC(C)(C)C.C[C@@H](N)CO.C[C@H](CO)NC(=O)OC(C)(C)C.C[C@H](N)CC1CCCCC1. The van der Waals surface area contributed by atoms with Crippen LogP contribution in [0.5, 0.6) is 0 Å². The van der Waals surface area contributed by atoms with Gasteiger partial charge in [-0.25, -0.2) is 14.4 Å². The second kappa shape index (κ2) is 34.2. The normalized spacial score (nSPS) is 19.5. The van der Waals surface area contributed by atoms with E-state index in [-0.39, 0.29) is 39.4 Å². The third-order valence-electron chi connectivity index (χ3n) is 9.03. The molecule has 0 spiro atoms. The number of hydrogen-bond acceptors (Lipinski definition) is 15. The van der Waals surface area contributed by atoms with E-state index in [4.69, 9.17) is 45.9 Å². The lowest BCUT2D eigenvalue weighted by atomic mass is 9.82. The number of nitrogens with zero attached hydrogens (tertiary/aromatic N) is 1. The fourth-order valence-corrected chi connectivity index (χ4v) is 6.29. The van der Waals surface area contributed by atoms with Crippen molar-refractivity contribution < 1.29 is 53.6 Å². The number of rotatable bonds is 10. The summed E-state index contributed by atoms with van der Waals surface area (Å²) >= 11 is 0. The molecule has 0 aromatic heterocycles. The summed E-state index contributed by atoms with van der Waals surface area (Å²) in [6.07, 6.45) is 14.1. The number of alkyl carbamates (subject to hydrolysis) is 1. The highest BCUT2D eigenvalue weighted by Crippen LogP contribution is 2.28. The zero-order valence-electron chi connectivity index (χ0n) is 42.1. The molecule has 3 fully saturated rings. The average Bonchev–Trinajstić information content (AvgIpc) is 3.84. The molecule has 1 heterocycles. The van der Waals surface area contributed by atoms with Gasteiger partial charge in [0.15, 0.2) is 0 Å². The van der Waals surface area contributed by atoms with Gasteiger partial charge >= 0.3 is 32.5 Å². The van der Waals surface area contributed by atoms with Gasteiger partial charge in [-0.1, -0.05) is 71.1 Å². The minimum atomic E-state index is -1.06. The van der Waals surface area contributed by atoms with E-state index in [1.54, 1.807) is 89.8 Å². The molecule has 10 N–H and O–H groups in total. The van der Waals surface area contributed by atoms with E-state index in [0.29, 0.717) is 18.1 Å². The highest BCUT2D eigenvalue weighted by atomic mass is 16.8. The van der Waals surface area contributed by atoms with Crippen LogP contribution in [-0.4, -0.2) is 124 Å². The van der Waals surface area contributed by atoms with Gasteiger partial charge in [-0.05, 0) is 134 Å². The van der Waals surface area contributed by atoms with E-state index in [9.17, 15) is 14.4 Å². The van der Waals surface area contributed by atoms with Crippen LogP contribution in [0.4, 0.5) is 14.4 Å². The van der Waals surface area contributed by atoms with Crippen LogP contribution in [0, 0.1) is 11.8 Å². The number of amides is 1. The lowest BCUT2D eigenvalue weighted by Crippen LogP contribution is -2.39. The van der Waals surface area contributed by atoms with Gasteiger partial charge in [0.25, 0.3) is 0 Å². The summed E-state index contributed by atoms with van der Waals surface area (Å²) in [6, 6.07) is 1.18. The summed E-state index contributed by atoms with van der Waals surface area (Å²) in [6.45, 7) is 29.9. The van der Waals surface area contributed by atoms with Gasteiger partial charge in [0.05, 0.1) is 19.3 Å². The van der Waals surface area contributed by atoms with E-state index < -0.39 is 35.2 Å². The summed E-state index contributed by atoms with van der Waals surface area (Å²) in [5, 5.41) is 40.2. The molecule has 1 saturated heterocycles. The Morgan fingerprint density at radius 2 is 1.03 bits per heavy atom. The molecule has 0 bridgehead atoms. The number of carbonyl (C=O) groups is 3. The van der Waals surface area contributed by atoms with Gasteiger partial charge in [0.1, 0.15) is 16.8 Å². The third kappa shape index (κ3) is 47.3. The van der Waals surface area contributed by atoms with E-state index in [1.165, 1.54) is 77.0 Å². The van der Waals surface area contributed by atoms with Crippen molar-refractivity contribution in [2.45, 2.75) is 235 Å². The van der Waals surface area contributed by atoms with E-state index in [0.717, 1.165) is 18.4 Å². The largest absolute Gasteiger partial charge is 0.519 e. The van der Waals surface area contributed by atoms with E-state index >= 15 is 0 Å². The Balaban J connectivity index is -0.000000692. The Morgan fingerprint density at radius 3 is 1.29 bits per heavy atom. The second-order valence-electron chi connectivity index (χ2n) is 20.3. The maximum absolute atomic E-state index is 11.0. The van der Waals surface area contributed by atoms with Crippen molar-refractivity contribution in [2.75, 3.05) is 19.8 Å². The summed E-state index contributed by atoms with van der Waals surface area (Å²) < 4.78 is 18.8. The van der Waals surface area contributed by atoms with Gasteiger partial charge in [-0.3, -0.25) is 0 Å². The second-order valence-corrected chi connectivity index (χ2v) is 20.3. The van der Waals surface area contributed by atoms with Crippen molar-refractivity contribution in [2.24, 2.45) is 23.3 Å². The highest BCUT2D eigenvalue weighted by Gasteiger charge is 2.34. The van der Waals surface area contributed by atoms with Crippen LogP contribution in [0.2, 0.25) is 13.6 Å². The van der Waals surface area contributed by atoms with Crippen LogP contribution < -0.4 is 22.0 Å². The summed E-state index contributed by atoms with van der Waals surface area (Å²) in [5.74, 6) is 1.85. The summed E-state index contributed by atoms with van der Waals surface area (Å²) in [4.78, 5) is 35.0. The number of ether oxygens (including phenoxy) is 4. The first-order valence-corrected chi connectivity index (χ1v) is 23.0. The summed E-state index contributed by atoms with van der Waals surface area (Å²) in [5.41, 5.74) is 8.89. The zero-order valence-corrected chi connectivity index (χ0v) is 42.1. The molecule has 2 saturated carbocycles. The Bertz CT molecular complexity index is 1110. The molecule has 0 aromatic rings. The maximum atomic E-state index is 11.0. The predicted molar refractivity (Wildman–Crippen MR) is 253 cm³/mol. The molecule has 1 unspecified atom stereocenters. The topological polar surface area (TPSA) is 248 Å². The Morgan fingerprint density at radius 1 is 0.661 bits per heavy atom. The molecular weight excluding hydrogens is 796 g/mol. The Kier molecular flexibility index (Phi) is 35.4. The summed E-state index contributed by atoms with van der Waals surface area (Å²) in [7, 11) is -0.589. The minimum absolute atomic E-state index is 0.0602. The lowest BCUT2D eigenvalue weighted by molar-refractivity contribution is -0.0294. The molecule has 16 nitrogen and oxygen atoms in total. The first kappa shape index (κ1) is 64.1. The quantitative estimate of drug-likeness (QED) is 0.0354. The van der Waals surface area contributed by atoms with Crippen LogP contribution in [0.15, 0.2) is 0 Å². The molecule has 3 aliphatic rings. The number of hydrogen-bond donors (Lipinski definition) is 8. The Hall–Kier alpha value is -2.18. The first-order chi connectivity index (χ1) is 28.3. The van der Waals surface area contributed by atoms with Crippen LogP contribution in [0.1, 0.15) is 174 Å².